The number of carboxylic acid groups (broad SMARTS) is 1. The molecule has 0 fully saturated rings. The van der Waals surface area contributed by atoms with Gasteiger partial charge in [0.2, 0.25) is 5.91 Å². The Morgan fingerprint density at radius 2 is 1.84 bits per heavy atom. The Bertz CT molecular complexity index is 440. The lowest BCUT2D eigenvalue weighted by atomic mass is 10.1. The van der Waals surface area contributed by atoms with Gasteiger partial charge in [-0.3, -0.25) is 4.79 Å². The van der Waals surface area contributed by atoms with Gasteiger partial charge in [-0.15, -0.1) is 11.8 Å². The molecule has 0 spiro atoms. The van der Waals surface area contributed by atoms with Crippen molar-refractivity contribution in [2.24, 2.45) is 0 Å². The zero-order chi connectivity index (χ0) is 14.5. The molecule has 1 aromatic rings. The minimum atomic E-state index is -1.06. The van der Waals surface area contributed by atoms with Crippen molar-refractivity contribution in [2.75, 3.05) is 5.75 Å². The van der Waals surface area contributed by atoms with Gasteiger partial charge in [0, 0.05) is 4.75 Å². The quantitative estimate of drug-likeness (QED) is 0.870. The highest BCUT2D eigenvalue weighted by atomic mass is 32.2. The van der Waals surface area contributed by atoms with E-state index in [2.05, 4.69) is 5.32 Å². The number of nitrogens with one attached hydrogen (secondary N) is 1. The summed E-state index contributed by atoms with van der Waals surface area (Å²) in [5.41, 5.74) is 0.573. The van der Waals surface area contributed by atoms with Gasteiger partial charge in [0.1, 0.15) is 0 Å². The second kappa shape index (κ2) is 6.61. The third kappa shape index (κ3) is 5.79. The lowest BCUT2D eigenvalue weighted by molar-refractivity contribution is -0.141. The summed E-state index contributed by atoms with van der Waals surface area (Å²) >= 11 is 1.49. The van der Waals surface area contributed by atoms with E-state index in [1.165, 1.54) is 11.8 Å². The molecule has 1 atom stereocenters. The van der Waals surface area contributed by atoms with E-state index in [9.17, 15) is 14.7 Å². The van der Waals surface area contributed by atoms with Gasteiger partial charge in [0.25, 0.3) is 0 Å². The molecule has 0 aliphatic rings. The van der Waals surface area contributed by atoms with Crippen LogP contribution in [0, 0.1) is 0 Å². The SMILES string of the molecule is CC(C)(C)SCC(=O)N[C@@H](C(=O)O)c1ccccc1. The van der Waals surface area contributed by atoms with Crippen molar-refractivity contribution in [3.05, 3.63) is 35.9 Å². The first-order valence-corrected chi connectivity index (χ1v) is 6.99. The number of amides is 1. The van der Waals surface area contributed by atoms with E-state index in [-0.39, 0.29) is 16.4 Å². The molecule has 0 unspecified atom stereocenters. The highest BCUT2D eigenvalue weighted by molar-refractivity contribution is 8.01. The molecule has 0 bridgehead atoms. The summed E-state index contributed by atoms with van der Waals surface area (Å²) in [5.74, 6) is -1.07. The highest BCUT2D eigenvalue weighted by Gasteiger charge is 2.22. The van der Waals surface area contributed by atoms with E-state index < -0.39 is 12.0 Å². The third-order valence-electron chi connectivity index (χ3n) is 2.32. The van der Waals surface area contributed by atoms with Crippen LogP contribution in [0.5, 0.6) is 0 Å². The molecule has 5 heteroatoms. The number of aliphatic carboxylic acids is 1. The van der Waals surface area contributed by atoms with Crippen LogP contribution >= 0.6 is 11.8 Å². The molecule has 0 saturated carbocycles. The minimum Gasteiger partial charge on any atom is -0.479 e. The molecule has 0 aliphatic carbocycles. The van der Waals surface area contributed by atoms with Gasteiger partial charge < -0.3 is 10.4 Å². The maximum absolute atomic E-state index is 11.8. The minimum absolute atomic E-state index is 0.0250. The fraction of sp³-hybridized carbons (Fsp3) is 0.429. The molecule has 0 heterocycles. The summed E-state index contributed by atoms with van der Waals surface area (Å²) in [6.45, 7) is 6.03. The van der Waals surface area contributed by atoms with Gasteiger partial charge in [-0.1, -0.05) is 51.1 Å². The highest BCUT2D eigenvalue weighted by Crippen LogP contribution is 2.23. The summed E-state index contributed by atoms with van der Waals surface area (Å²) < 4.78 is -0.0250. The lowest BCUT2D eigenvalue weighted by Gasteiger charge is -2.19. The predicted molar refractivity (Wildman–Crippen MR) is 77.2 cm³/mol. The Morgan fingerprint density at radius 3 is 2.32 bits per heavy atom. The second-order valence-electron chi connectivity index (χ2n) is 5.15. The van der Waals surface area contributed by atoms with Crippen LogP contribution in [-0.4, -0.2) is 27.5 Å². The molecule has 19 heavy (non-hydrogen) atoms. The Morgan fingerprint density at radius 1 is 1.26 bits per heavy atom. The Kier molecular flexibility index (Phi) is 5.42. The van der Waals surface area contributed by atoms with Gasteiger partial charge in [-0.2, -0.15) is 0 Å². The maximum Gasteiger partial charge on any atom is 0.330 e. The fourth-order valence-electron chi connectivity index (χ4n) is 1.42. The maximum atomic E-state index is 11.8. The Balaban J connectivity index is 2.65. The lowest BCUT2D eigenvalue weighted by Crippen LogP contribution is -2.35. The molecular weight excluding hydrogens is 262 g/mol. The molecule has 1 aromatic carbocycles. The standard InChI is InChI=1S/C14H19NO3S/c1-14(2,3)19-9-11(16)15-12(13(17)18)10-7-5-4-6-8-10/h4-8,12H,9H2,1-3H3,(H,15,16)(H,17,18)/t12-/m1/s1. The van der Waals surface area contributed by atoms with Crippen LogP contribution in [-0.2, 0) is 9.59 Å². The molecule has 0 aromatic heterocycles. The van der Waals surface area contributed by atoms with Crippen LogP contribution in [0.15, 0.2) is 30.3 Å². The van der Waals surface area contributed by atoms with Crippen molar-refractivity contribution < 1.29 is 14.7 Å². The van der Waals surface area contributed by atoms with Crippen LogP contribution < -0.4 is 5.32 Å². The van der Waals surface area contributed by atoms with Crippen LogP contribution in [0.25, 0.3) is 0 Å². The number of carbonyl (C=O) groups excluding carboxylic acids is 1. The topological polar surface area (TPSA) is 66.4 Å². The largest absolute Gasteiger partial charge is 0.479 e. The molecule has 0 radical (unpaired) electrons. The van der Waals surface area contributed by atoms with Crippen molar-refractivity contribution in [3.63, 3.8) is 0 Å². The molecule has 1 amide bonds. The van der Waals surface area contributed by atoms with Crippen LogP contribution in [0.1, 0.15) is 32.4 Å². The molecule has 104 valence electrons. The smallest absolute Gasteiger partial charge is 0.330 e. The van der Waals surface area contributed by atoms with E-state index in [1.54, 1.807) is 30.3 Å². The van der Waals surface area contributed by atoms with Gasteiger partial charge in [0.15, 0.2) is 6.04 Å². The predicted octanol–water partition coefficient (Wildman–Crippen LogP) is 2.46. The summed E-state index contributed by atoms with van der Waals surface area (Å²) in [6, 6.07) is 7.70. The van der Waals surface area contributed by atoms with E-state index in [0.29, 0.717) is 5.56 Å². The number of thioether (sulfide) groups is 1. The van der Waals surface area contributed by atoms with Gasteiger partial charge in [-0.25, -0.2) is 4.79 Å². The molecule has 0 saturated heterocycles. The fourth-order valence-corrected chi connectivity index (χ4v) is 2.07. The van der Waals surface area contributed by atoms with Crippen molar-refractivity contribution in [1.29, 1.82) is 0 Å². The second-order valence-corrected chi connectivity index (χ2v) is 6.95. The first-order valence-electron chi connectivity index (χ1n) is 6.00. The summed E-state index contributed by atoms with van der Waals surface area (Å²) in [5, 5.41) is 11.7. The summed E-state index contributed by atoms with van der Waals surface area (Å²) in [6.07, 6.45) is 0. The third-order valence-corrected chi connectivity index (χ3v) is 3.59. The molecule has 2 N–H and O–H groups in total. The normalized spacial score (nSPS) is 12.8. The zero-order valence-electron chi connectivity index (χ0n) is 11.3. The number of carbonyl (C=O) groups is 2. The molecular formula is C14H19NO3S. The number of benzene rings is 1. The van der Waals surface area contributed by atoms with E-state index in [0.717, 1.165) is 0 Å². The molecule has 1 rings (SSSR count). The summed E-state index contributed by atoms with van der Waals surface area (Å²) in [7, 11) is 0. The van der Waals surface area contributed by atoms with Gasteiger partial charge in [0.05, 0.1) is 5.75 Å². The van der Waals surface area contributed by atoms with Crippen molar-refractivity contribution in [1.82, 2.24) is 5.32 Å². The van der Waals surface area contributed by atoms with Crippen molar-refractivity contribution >= 4 is 23.6 Å². The first kappa shape index (κ1) is 15.6. The van der Waals surface area contributed by atoms with Gasteiger partial charge >= 0.3 is 5.97 Å². The number of hydrogen-bond acceptors (Lipinski definition) is 3. The Labute approximate surface area is 117 Å². The van der Waals surface area contributed by atoms with E-state index >= 15 is 0 Å². The van der Waals surface area contributed by atoms with Gasteiger partial charge in [-0.05, 0) is 5.56 Å². The van der Waals surface area contributed by atoms with E-state index in [4.69, 9.17) is 0 Å². The van der Waals surface area contributed by atoms with Crippen LogP contribution in [0.2, 0.25) is 0 Å². The van der Waals surface area contributed by atoms with Crippen molar-refractivity contribution in [2.45, 2.75) is 31.6 Å². The number of rotatable bonds is 5. The average molecular weight is 281 g/mol. The average Bonchev–Trinajstić information content (AvgIpc) is 2.33. The molecule has 0 aliphatic heterocycles. The number of carboxylic acids is 1. The van der Waals surface area contributed by atoms with E-state index in [1.807, 2.05) is 20.8 Å². The Hall–Kier alpha value is -1.49. The zero-order valence-corrected chi connectivity index (χ0v) is 12.2. The van der Waals surface area contributed by atoms with Crippen molar-refractivity contribution in [3.8, 4) is 0 Å². The van der Waals surface area contributed by atoms with Crippen LogP contribution in [0.3, 0.4) is 0 Å². The first-order chi connectivity index (χ1) is 8.79. The van der Waals surface area contributed by atoms with Crippen LogP contribution in [0.4, 0.5) is 0 Å². The number of hydrogen-bond donors (Lipinski definition) is 2. The summed E-state index contributed by atoms with van der Waals surface area (Å²) in [4.78, 5) is 23.0. The molecule has 4 nitrogen and oxygen atoms in total. The monoisotopic (exact) mass is 281 g/mol.